The second-order valence-corrected chi connectivity index (χ2v) is 7.87. The fraction of sp³-hybridized carbons (Fsp3) is 0.636. The average Bonchev–Trinajstić information content (AvgIpc) is 3.08. The Hall–Kier alpha value is -1.22. The summed E-state index contributed by atoms with van der Waals surface area (Å²) in [6.07, 6.45) is -2.48. The molecule has 0 aliphatic carbocycles. The van der Waals surface area contributed by atoms with Gasteiger partial charge in [-0.25, -0.2) is 9.55 Å². The van der Waals surface area contributed by atoms with Gasteiger partial charge in [0.25, 0.3) is 0 Å². The lowest BCUT2D eigenvalue weighted by molar-refractivity contribution is -0.0514. The maximum Gasteiger partial charge on any atom is 0.469 e. The minimum absolute atomic E-state index is 0.0921. The van der Waals surface area contributed by atoms with E-state index < -0.39 is 44.0 Å². The number of aliphatic imine (C=N–C) groups is 1. The number of nitrogens with one attached hydrogen (secondary N) is 1. The maximum atomic E-state index is 10.8. The van der Waals surface area contributed by atoms with E-state index in [1.165, 1.54) is 10.9 Å². The first-order chi connectivity index (χ1) is 12.1. The predicted molar refractivity (Wildman–Crippen MR) is 88.0 cm³/mol. The Kier molecular flexibility index (Phi) is 5.07. The first-order valence-corrected chi connectivity index (χ1v) is 10.00. The molecule has 1 fully saturated rings. The summed E-state index contributed by atoms with van der Waals surface area (Å²) in [6.45, 7) is -0.641. The van der Waals surface area contributed by atoms with Crippen LogP contribution in [-0.4, -0.2) is 71.8 Å². The van der Waals surface area contributed by atoms with Crippen molar-refractivity contribution in [3.05, 3.63) is 12.0 Å². The maximum absolute atomic E-state index is 10.8. The summed E-state index contributed by atoms with van der Waals surface area (Å²) in [5.41, 5.74) is 5.80. The molecule has 3 heterocycles. The standard InChI is InChI=1S/C11H18N5O8PS/c1-26-11(19)7-8(14-10(12)15-11)16(3-13-7)9-6(18)5(17)4(24-9)2-23-25(20,21)22/h3-6,9,17-19H,2H2,1H3,(H3,12,14,15)(H2,20,21,22)/t4-,5-,6-,9-,11?/m1/s1. The summed E-state index contributed by atoms with van der Waals surface area (Å²) in [5, 5.41) is 31.8. The molecular formula is C11H18N5O8PS. The van der Waals surface area contributed by atoms with E-state index in [1.54, 1.807) is 6.26 Å². The normalized spacial score (nSPS) is 34.3. The van der Waals surface area contributed by atoms with Crippen molar-refractivity contribution < 1.29 is 38.9 Å². The van der Waals surface area contributed by atoms with Crippen molar-refractivity contribution in [3.63, 3.8) is 0 Å². The number of aromatic nitrogens is 2. The Bertz CT molecular complexity index is 770. The smallest absolute Gasteiger partial charge is 0.387 e. The lowest BCUT2D eigenvalue weighted by atomic mass is 10.1. The Morgan fingerprint density at radius 3 is 2.81 bits per heavy atom. The monoisotopic (exact) mass is 411 g/mol. The lowest BCUT2D eigenvalue weighted by Crippen LogP contribution is -2.49. The van der Waals surface area contributed by atoms with Gasteiger partial charge in [0.15, 0.2) is 18.0 Å². The number of aliphatic hydroxyl groups excluding tert-OH is 2. The molecule has 15 heteroatoms. The van der Waals surface area contributed by atoms with Crippen LogP contribution in [0.3, 0.4) is 0 Å². The molecule has 1 aromatic rings. The molecule has 26 heavy (non-hydrogen) atoms. The van der Waals surface area contributed by atoms with Gasteiger partial charge in [-0.2, -0.15) is 4.99 Å². The van der Waals surface area contributed by atoms with E-state index in [4.69, 9.17) is 20.3 Å². The van der Waals surface area contributed by atoms with Crippen LogP contribution >= 0.6 is 19.6 Å². The van der Waals surface area contributed by atoms with Gasteiger partial charge < -0.3 is 40.9 Å². The molecule has 0 bridgehead atoms. The van der Waals surface area contributed by atoms with Crippen LogP contribution in [0.2, 0.25) is 0 Å². The molecule has 13 nitrogen and oxygen atoms in total. The molecule has 2 aliphatic heterocycles. The average molecular weight is 411 g/mol. The van der Waals surface area contributed by atoms with Gasteiger partial charge in [-0.3, -0.25) is 9.09 Å². The number of aliphatic hydroxyl groups is 3. The Morgan fingerprint density at radius 1 is 1.50 bits per heavy atom. The van der Waals surface area contributed by atoms with Crippen molar-refractivity contribution in [3.8, 4) is 0 Å². The highest BCUT2D eigenvalue weighted by atomic mass is 32.2. The summed E-state index contributed by atoms with van der Waals surface area (Å²) < 4.78 is 21.9. The van der Waals surface area contributed by atoms with Gasteiger partial charge in [-0.05, 0) is 6.26 Å². The highest BCUT2D eigenvalue weighted by Gasteiger charge is 2.47. The van der Waals surface area contributed by atoms with E-state index in [2.05, 4.69) is 19.8 Å². The second-order valence-electron chi connectivity index (χ2n) is 5.63. The zero-order chi connectivity index (χ0) is 19.3. The number of thioether (sulfide) groups is 1. The number of rotatable bonds is 5. The summed E-state index contributed by atoms with van der Waals surface area (Å²) >= 11 is 1.01. The molecule has 5 atom stereocenters. The number of nitrogens with zero attached hydrogens (tertiary/aromatic N) is 3. The third-order valence-electron chi connectivity index (χ3n) is 3.93. The van der Waals surface area contributed by atoms with Crippen LogP contribution in [0.15, 0.2) is 11.3 Å². The number of hydrogen-bond donors (Lipinski definition) is 7. The first kappa shape index (κ1) is 19.5. The van der Waals surface area contributed by atoms with E-state index in [9.17, 15) is 19.9 Å². The fourth-order valence-corrected chi connectivity index (χ4v) is 3.57. The summed E-state index contributed by atoms with van der Waals surface area (Å²) in [4.78, 5) is 25.6. The van der Waals surface area contributed by atoms with E-state index in [1.807, 2.05) is 0 Å². The van der Waals surface area contributed by atoms with Crippen LogP contribution in [0, 0.1) is 0 Å². The summed E-state index contributed by atoms with van der Waals surface area (Å²) in [6, 6.07) is 0. The number of hydrogen-bond acceptors (Lipinski definition) is 11. The van der Waals surface area contributed by atoms with Crippen molar-refractivity contribution in [2.24, 2.45) is 10.7 Å². The summed E-state index contributed by atoms with van der Waals surface area (Å²) in [7, 11) is -4.77. The van der Waals surface area contributed by atoms with Gasteiger partial charge in [0.05, 0.1) is 12.9 Å². The molecule has 3 rings (SSSR count). The van der Waals surface area contributed by atoms with Crippen molar-refractivity contribution in [2.75, 3.05) is 12.9 Å². The Morgan fingerprint density at radius 2 is 2.19 bits per heavy atom. The number of imidazole rings is 1. The van der Waals surface area contributed by atoms with E-state index in [0.29, 0.717) is 0 Å². The zero-order valence-corrected chi connectivity index (χ0v) is 15.0. The van der Waals surface area contributed by atoms with Crippen LogP contribution in [-0.2, 0) is 18.9 Å². The number of guanidine groups is 1. The second kappa shape index (κ2) is 6.74. The van der Waals surface area contributed by atoms with Gasteiger partial charge in [-0.1, -0.05) is 0 Å². The van der Waals surface area contributed by atoms with Gasteiger partial charge in [-0.15, -0.1) is 11.8 Å². The highest BCUT2D eigenvalue weighted by molar-refractivity contribution is 7.99. The molecule has 8 N–H and O–H groups in total. The van der Waals surface area contributed by atoms with Crippen molar-refractivity contribution in [1.29, 1.82) is 0 Å². The molecule has 146 valence electrons. The lowest BCUT2D eigenvalue weighted by Gasteiger charge is -2.30. The highest BCUT2D eigenvalue weighted by Crippen LogP contribution is 2.42. The molecule has 0 aromatic carbocycles. The molecule has 2 aliphatic rings. The molecule has 1 unspecified atom stereocenters. The minimum atomic E-state index is -4.77. The molecule has 0 amide bonds. The minimum Gasteiger partial charge on any atom is -0.387 e. The fourth-order valence-electron chi connectivity index (χ4n) is 2.68. The zero-order valence-electron chi connectivity index (χ0n) is 13.3. The van der Waals surface area contributed by atoms with Crippen molar-refractivity contribution in [1.82, 2.24) is 14.9 Å². The third-order valence-corrected chi connectivity index (χ3v) is 5.30. The number of phosphoric ester groups is 1. The Labute approximate surface area is 151 Å². The van der Waals surface area contributed by atoms with E-state index in [0.717, 1.165) is 11.8 Å². The van der Waals surface area contributed by atoms with Crippen LogP contribution in [0.1, 0.15) is 11.9 Å². The van der Waals surface area contributed by atoms with Gasteiger partial charge in [0, 0.05) is 0 Å². The first-order valence-electron chi connectivity index (χ1n) is 7.24. The summed E-state index contributed by atoms with van der Waals surface area (Å²) in [5.74, 6) is 0.0106. The molecule has 1 saturated heterocycles. The van der Waals surface area contributed by atoms with Crippen LogP contribution in [0.25, 0.3) is 0 Å². The number of nitrogens with two attached hydrogens (primary N) is 1. The van der Waals surface area contributed by atoms with Crippen LogP contribution in [0.4, 0.5) is 5.82 Å². The number of ether oxygens (including phenoxy) is 1. The van der Waals surface area contributed by atoms with Gasteiger partial charge >= 0.3 is 7.82 Å². The van der Waals surface area contributed by atoms with E-state index in [-0.39, 0.29) is 17.5 Å². The van der Waals surface area contributed by atoms with Gasteiger partial charge in [0.1, 0.15) is 24.0 Å². The topological polar surface area (TPSA) is 205 Å². The molecule has 0 saturated carbocycles. The van der Waals surface area contributed by atoms with Crippen molar-refractivity contribution >= 4 is 31.4 Å². The van der Waals surface area contributed by atoms with Gasteiger partial charge in [0.2, 0.25) is 5.06 Å². The van der Waals surface area contributed by atoms with Crippen LogP contribution in [0.5, 0.6) is 0 Å². The third kappa shape index (κ3) is 3.47. The molecule has 0 spiro atoms. The number of fused-ring (bicyclic) bond motifs is 1. The molecule has 1 aromatic heterocycles. The SMILES string of the molecule is CSC1(O)NC(N)=Nc2c1ncn2[C@@H]1O[C@H](COP(=O)(O)O)[C@@H](O)[C@H]1O. The van der Waals surface area contributed by atoms with E-state index >= 15 is 0 Å². The largest absolute Gasteiger partial charge is 0.469 e. The Balaban J connectivity index is 1.88. The number of phosphoric acid groups is 1. The van der Waals surface area contributed by atoms with Crippen molar-refractivity contribution in [2.45, 2.75) is 29.6 Å². The predicted octanol–water partition coefficient (Wildman–Crippen LogP) is -2.37. The quantitative estimate of drug-likeness (QED) is 0.200. The molecule has 0 radical (unpaired) electrons. The van der Waals surface area contributed by atoms with Crippen LogP contribution < -0.4 is 11.1 Å². The molecular weight excluding hydrogens is 393 g/mol.